The second-order valence-electron chi connectivity index (χ2n) is 4.60. The van der Waals surface area contributed by atoms with E-state index in [9.17, 15) is 4.79 Å². The van der Waals surface area contributed by atoms with Crippen molar-refractivity contribution in [2.24, 2.45) is 0 Å². The smallest absolute Gasteiger partial charge is 0.226 e. The molecule has 16 heavy (non-hydrogen) atoms. The minimum Gasteiger partial charge on any atom is -0.384 e. The fraction of sp³-hybridized carbons (Fsp3) is 0.500. The summed E-state index contributed by atoms with van der Waals surface area (Å²) in [4.78, 5) is 15.8. The van der Waals surface area contributed by atoms with Crippen LogP contribution in [0.2, 0.25) is 0 Å². The monoisotopic (exact) mass is 217 g/mol. The zero-order valence-electron chi connectivity index (χ0n) is 9.34. The van der Waals surface area contributed by atoms with Crippen LogP contribution in [0.4, 0.5) is 11.5 Å². The summed E-state index contributed by atoms with van der Waals surface area (Å²) >= 11 is 0. The predicted molar refractivity (Wildman–Crippen MR) is 62.7 cm³/mol. The zero-order chi connectivity index (χ0) is 11.1. The van der Waals surface area contributed by atoms with Gasteiger partial charge in [0.15, 0.2) is 0 Å². The van der Waals surface area contributed by atoms with E-state index in [1.54, 1.807) is 0 Å². The number of rotatable bonds is 0. The third kappa shape index (κ3) is 1.37. The Balaban J connectivity index is 2.15. The second-order valence-corrected chi connectivity index (χ2v) is 4.60. The van der Waals surface area contributed by atoms with Gasteiger partial charge in [-0.05, 0) is 24.3 Å². The summed E-state index contributed by atoms with van der Waals surface area (Å²) in [5.41, 5.74) is 3.74. The van der Waals surface area contributed by atoms with Crippen molar-refractivity contribution in [3.63, 3.8) is 0 Å². The average Bonchev–Trinajstić information content (AvgIpc) is 2.28. The Kier molecular flexibility index (Phi) is 2.09. The van der Waals surface area contributed by atoms with E-state index < -0.39 is 0 Å². The lowest BCUT2D eigenvalue weighted by molar-refractivity contribution is -0.116. The van der Waals surface area contributed by atoms with Crippen molar-refractivity contribution >= 4 is 17.4 Å². The Morgan fingerprint density at radius 3 is 3.25 bits per heavy atom. The Bertz CT molecular complexity index is 456. The molecule has 2 N–H and O–H groups in total. The van der Waals surface area contributed by atoms with E-state index >= 15 is 0 Å². The first-order valence-corrected chi connectivity index (χ1v) is 5.81. The molecule has 84 valence electrons. The number of carbonyl (C=O) groups excluding carboxylic acids is 1. The van der Waals surface area contributed by atoms with Gasteiger partial charge < -0.3 is 10.6 Å². The summed E-state index contributed by atoms with van der Waals surface area (Å²) in [7, 11) is 0. The van der Waals surface area contributed by atoms with E-state index in [-0.39, 0.29) is 11.8 Å². The number of pyridine rings is 1. The van der Waals surface area contributed by atoms with Crippen LogP contribution < -0.4 is 10.6 Å². The van der Waals surface area contributed by atoms with Crippen LogP contribution in [0.3, 0.4) is 0 Å². The zero-order valence-corrected chi connectivity index (χ0v) is 9.34. The van der Waals surface area contributed by atoms with Gasteiger partial charge in [0.05, 0.1) is 11.9 Å². The Morgan fingerprint density at radius 1 is 1.50 bits per heavy atom. The molecule has 0 spiro atoms. The molecule has 4 nitrogen and oxygen atoms in total. The first kappa shape index (κ1) is 9.63. The molecule has 4 heteroatoms. The Morgan fingerprint density at radius 2 is 2.38 bits per heavy atom. The van der Waals surface area contributed by atoms with E-state index in [4.69, 9.17) is 0 Å². The average molecular weight is 217 g/mol. The van der Waals surface area contributed by atoms with Crippen molar-refractivity contribution < 1.29 is 4.79 Å². The minimum atomic E-state index is 0.0798. The first-order valence-electron chi connectivity index (χ1n) is 5.81. The number of hydrogen-bond acceptors (Lipinski definition) is 3. The number of anilines is 2. The van der Waals surface area contributed by atoms with Crippen molar-refractivity contribution in [2.45, 2.75) is 32.1 Å². The maximum absolute atomic E-state index is 11.4. The van der Waals surface area contributed by atoms with Crippen LogP contribution in [0.5, 0.6) is 0 Å². The lowest BCUT2D eigenvalue weighted by atomic mass is 9.87. The highest BCUT2D eigenvalue weighted by Gasteiger charge is 2.27. The number of nitrogens with zero attached hydrogens (tertiary/aromatic N) is 1. The van der Waals surface area contributed by atoms with Gasteiger partial charge in [-0.15, -0.1) is 0 Å². The molecule has 3 rings (SSSR count). The van der Waals surface area contributed by atoms with Gasteiger partial charge in [0.25, 0.3) is 0 Å². The van der Waals surface area contributed by atoms with Crippen LogP contribution >= 0.6 is 0 Å². The van der Waals surface area contributed by atoms with E-state index in [0.717, 1.165) is 30.9 Å². The van der Waals surface area contributed by atoms with Crippen molar-refractivity contribution in [3.05, 3.63) is 17.3 Å². The molecule has 1 atom stereocenters. The number of aromatic nitrogens is 1. The van der Waals surface area contributed by atoms with E-state index in [2.05, 4.69) is 22.5 Å². The van der Waals surface area contributed by atoms with Gasteiger partial charge in [-0.25, -0.2) is 4.98 Å². The standard InChI is InChI=1S/C12H15N3O/c1-7-5-10(16)15-12-11(7)8-3-2-4-13-9(8)6-14-12/h6-7,13H,2-5H2,1H3,(H,14,15,16). The summed E-state index contributed by atoms with van der Waals surface area (Å²) in [6, 6.07) is 0. The third-order valence-corrected chi connectivity index (χ3v) is 3.39. The van der Waals surface area contributed by atoms with Crippen LogP contribution in [0.15, 0.2) is 6.20 Å². The number of amides is 1. The molecule has 0 aliphatic carbocycles. The highest BCUT2D eigenvalue weighted by Crippen LogP contribution is 2.38. The summed E-state index contributed by atoms with van der Waals surface area (Å²) in [5.74, 6) is 1.13. The van der Waals surface area contributed by atoms with Gasteiger partial charge >= 0.3 is 0 Å². The fourth-order valence-corrected chi connectivity index (χ4v) is 2.67. The summed E-state index contributed by atoms with van der Waals surface area (Å²) in [6.07, 6.45) is 4.66. The molecular formula is C12H15N3O. The number of carbonyl (C=O) groups is 1. The van der Waals surface area contributed by atoms with Gasteiger partial charge in [0.1, 0.15) is 5.82 Å². The maximum Gasteiger partial charge on any atom is 0.226 e. The van der Waals surface area contributed by atoms with Gasteiger partial charge in [-0.1, -0.05) is 6.92 Å². The molecule has 0 saturated carbocycles. The van der Waals surface area contributed by atoms with E-state index in [1.807, 2.05) is 6.20 Å². The van der Waals surface area contributed by atoms with Crippen LogP contribution in [0.25, 0.3) is 0 Å². The van der Waals surface area contributed by atoms with Crippen molar-refractivity contribution in [1.29, 1.82) is 0 Å². The highest BCUT2D eigenvalue weighted by atomic mass is 16.1. The third-order valence-electron chi connectivity index (χ3n) is 3.39. The molecule has 3 heterocycles. The number of fused-ring (bicyclic) bond motifs is 3. The summed E-state index contributed by atoms with van der Waals surface area (Å²) in [5, 5.41) is 6.23. The number of hydrogen-bond donors (Lipinski definition) is 2. The van der Waals surface area contributed by atoms with Crippen LogP contribution in [-0.2, 0) is 11.2 Å². The largest absolute Gasteiger partial charge is 0.384 e. The molecule has 0 fully saturated rings. The first-order chi connectivity index (χ1) is 7.75. The van der Waals surface area contributed by atoms with Crippen LogP contribution in [0.1, 0.15) is 36.8 Å². The molecule has 1 unspecified atom stereocenters. The SMILES string of the molecule is CC1CC(=O)Nc2ncc3c(c21)CCCN3. The summed E-state index contributed by atoms with van der Waals surface area (Å²) in [6.45, 7) is 3.13. The molecule has 0 aromatic carbocycles. The highest BCUT2D eigenvalue weighted by molar-refractivity contribution is 5.94. The molecule has 0 radical (unpaired) electrons. The minimum absolute atomic E-state index is 0.0798. The van der Waals surface area contributed by atoms with Gasteiger partial charge in [0.2, 0.25) is 5.91 Å². The van der Waals surface area contributed by atoms with E-state index in [1.165, 1.54) is 11.1 Å². The van der Waals surface area contributed by atoms with Crippen molar-refractivity contribution in [1.82, 2.24) is 4.98 Å². The van der Waals surface area contributed by atoms with Crippen LogP contribution in [-0.4, -0.2) is 17.4 Å². The number of nitrogens with one attached hydrogen (secondary N) is 2. The quantitative estimate of drug-likeness (QED) is 0.697. The normalized spacial score (nSPS) is 22.8. The molecule has 0 bridgehead atoms. The fourth-order valence-electron chi connectivity index (χ4n) is 2.67. The molecule has 2 aliphatic rings. The topological polar surface area (TPSA) is 54.0 Å². The van der Waals surface area contributed by atoms with Gasteiger partial charge in [0, 0.05) is 18.5 Å². The predicted octanol–water partition coefficient (Wildman–Crippen LogP) is 1.89. The summed E-state index contributed by atoms with van der Waals surface area (Å²) < 4.78 is 0. The lowest BCUT2D eigenvalue weighted by Crippen LogP contribution is -2.25. The molecule has 1 amide bonds. The Hall–Kier alpha value is -1.58. The lowest BCUT2D eigenvalue weighted by Gasteiger charge is -2.28. The van der Waals surface area contributed by atoms with Crippen molar-refractivity contribution in [3.8, 4) is 0 Å². The molecular weight excluding hydrogens is 202 g/mol. The second kappa shape index (κ2) is 3.47. The molecule has 0 saturated heterocycles. The maximum atomic E-state index is 11.4. The van der Waals surface area contributed by atoms with Gasteiger partial charge in [-0.3, -0.25) is 4.79 Å². The van der Waals surface area contributed by atoms with Gasteiger partial charge in [-0.2, -0.15) is 0 Å². The molecule has 1 aromatic heterocycles. The molecule has 1 aromatic rings. The van der Waals surface area contributed by atoms with E-state index in [0.29, 0.717) is 6.42 Å². The van der Waals surface area contributed by atoms with Crippen molar-refractivity contribution in [2.75, 3.05) is 17.2 Å². The van der Waals surface area contributed by atoms with Crippen LogP contribution in [0, 0.1) is 0 Å². The molecule has 2 aliphatic heterocycles. The Labute approximate surface area is 94.5 Å².